The van der Waals surface area contributed by atoms with E-state index in [1.807, 2.05) is 30.5 Å². The van der Waals surface area contributed by atoms with E-state index < -0.39 is 0 Å². The second-order valence-corrected chi connectivity index (χ2v) is 6.03. The van der Waals surface area contributed by atoms with Crippen LogP contribution in [0.15, 0.2) is 30.5 Å². The van der Waals surface area contributed by atoms with E-state index in [1.54, 1.807) is 0 Å². The number of nitrogens with zero attached hydrogens (tertiary/aromatic N) is 5. The quantitative estimate of drug-likeness (QED) is 0.802. The second kappa shape index (κ2) is 5.95. The molecule has 3 aromatic rings. The second-order valence-electron chi connectivity index (χ2n) is 6.03. The standard InChI is InChI=1S/C17H20N6/c1-2-16-21-22-17-8-7-12(11-23(16)17)9-19-15-10-18-13-5-3-4-6-14(13)20-15/h3-6,10,12H,2,7-9,11H2,1H3,(H,19,20)/t12-/m0/s1. The SMILES string of the molecule is CCc1nnc2n1C[C@H](CNc1cnc3ccccc3n1)CC2. The highest BCUT2D eigenvalue weighted by Gasteiger charge is 2.22. The molecule has 1 atom stereocenters. The number of rotatable bonds is 4. The van der Waals surface area contributed by atoms with Gasteiger partial charge >= 0.3 is 0 Å². The van der Waals surface area contributed by atoms with Gasteiger partial charge in [0.1, 0.15) is 17.5 Å². The zero-order chi connectivity index (χ0) is 15.6. The zero-order valence-corrected chi connectivity index (χ0v) is 13.2. The Morgan fingerprint density at radius 3 is 2.96 bits per heavy atom. The van der Waals surface area contributed by atoms with Crippen molar-refractivity contribution in [3.05, 3.63) is 42.1 Å². The molecule has 1 aromatic carbocycles. The topological polar surface area (TPSA) is 68.5 Å². The molecule has 0 amide bonds. The lowest BCUT2D eigenvalue weighted by Crippen LogP contribution is -2.27. The summed E-state index contributed by atoms with van der Waals surface area (Å²) < 4.78 is 2.28. The smallest absolute Gasteiger partial charge is 0.145 e. The maximum atomic E-state index is 4.62. The van der Waals surface area contributed by atoms with Crippen molar-refractivity contribution in [1.29, 1.82) is 0 Å². The van der Waals surface area contributed by atoms with Gasteiger partial charge in [0.05, 0.1) is 17.2 Å². The molecular weight excluding hydrogens is 288 g/mol. The van der Waals surface area contributed by atoms with Gasteiger partial charge in [-0.25, -0.2) is 4.98 Å². The molecule has 0 saturated heterocycles. The molecule has 2 aromatic heterocycles. The van der Waals surface area contributed by atoms with Crippen molar-refractivity contribution >= 4 is 16.9 Å². The Balaban J connectivity index is 1.44. The number of aromatic nitrogens is 5. The van der Waals surface area contributed by atoms with Crippen LogP contribution < -0.4 is 5.32 Å². The number of hydrogen-bond acceptors (Lipinski definition) is 5. The van der Waals surface area contributed by atoms with Gasteiger partial charge in [-0.2, -0.15) is 0 Å². The zero-order valence-electron chi connectivity index (χ0n) is 13.2. The molecule has 0 radical (unpaired) electrons. The molecule has 1 aliphatic rings. The average Bonchev–Trinajstić information content (AvgIpc) is 3.02. The van der Waals surface area contributed by atoms with Crippen LogP contribution in [0.2, 0.25) is 0 Å². The van der Waals surface area contributed by atoms with Gasteiger partial charge in [0.2, 0.25) is 0 Å². The summed E-state index contributed by atoms with van der Waals surface area (Å²) in [7, 11) is 0. The Hall–Kier alpha value is -2.50. The number of aryl methyl sites for hydroxylation is 2. The van der Waals surface area contributed by atoms with Gasteiger partial charge in [-0.3, -0.25) is 4.98 Å². The van der Waals surface area contributed by atoms with Crippen molar-refractivity contribution in [3.63, 3.8) is 0 Å². The van der Waals surface area contributed by atoms with E-state index in [1.165, 1.54) is 0 Å². The molecule has 1 aliphatic heterocycles. The summed E-state index contributed by atoms with van der Waals surface area (Å²) in [5, 5.41) is 12.0. The number of anilines is 1. The molecule has 0 bridgehead atoms. The van der Waals surface area contributed by atoms with Crippen LogP contribution in [-0.4, -0.2) is 31.3 Å². The van der Waals surface area contributed by atoms with E-state index in [0.717, 1.165) is 60.9 Å². The van der Waals surface area contributed by atoms with E-state index in [0.29, 0.717) is 5.92 Å². The van der Waals surface area contributed by atoms with Gasteiger partial charge in [-0.1, -0.05) is 19.1 Å². The Bertz CT molecular complexity index is 811. The van der Waals surface area contributed by atoms with Crippen molar-refractivity contribution < 1.29 is 0 Å². The van der Waals surface area contributed by atoms with Gasteiger partial charge in [0, 0.05) is 25.9 Å². The number of nitrogens with one attached hydrogen (secondary N) is 1. The number of benzene rings is 1. The number of hydrogen-bond donors (Lipinski definition) is 1. The van der Waals surface area contributed by atoms with E-state index in [2.05, 4.69) is 37.0 Å². The minimum absolute atomic E-state index is 0.567. The largest absolute Gasteiger partial charge is 0.368 e. The summed E-state index contributed by atoms with van der Waals surface area (Å²) in [5.74, 6) is 3.63. The van der Waals surface area contributed by atoms with Crippen LogP contribution in [0.5, 0.6) is 0 Å². The highest BCUT2D eigenvalue weighted by atomic mass is 15.3. The summed E-state index contributed by atoms with van der Waals surface area (Å²) in [6, 6.07) is 7.94. The lowest BCUT2D eigenvalue weighted by Gasteiger charge is -2.24. The van der Waals surface area contributed by atoms with Crippen molar-refractivity contribution in [3.8, 4) is 0 Å². The Morgan fingerprint density at radius 1 is 1.22 bits per heavy atom. The molecule has 4 rings (SSSR count). The van der Waals surface area contributed by atoms with Crippen molar-refractivity contribution in [2.24, 2.45) is 5.92 Å². The number of fused-ring (bicyclic) bond motifs is 2. The molecule has 6 heteroatoms. The molecule has 0 aliphatic carbocycles. The molecule has 6 nitrogen and oxygen atoms in total. The monoisotopic (exact) mass is 308 g/mol. The van der Waals surface area contributed by atoms with Crippen LogP contribution in [0.1, 0.15) is 25.0 Å². The van der Waals surface area contributed by atoms with Gasteiger partial charge in [0.15, 0.2) is 0 Å². The van der Waals surface area contributed by atoms with E-state index in [-0.39, 0.29) is 0 Å². The normalized spacial score (nSPS) is 17.2. The van der Waals surface area contributed by atoms with E-state index in [9.17, 15) is 0 Å². The van der Waals surface area contributed by atoms with Gasteiger partial charge < -0.3 is 9.88 Å². The molecule has 23 heavy (non-hydrogen) atoms. The predicted molar refractivity (Wildman–Crippen MR) is 89.2 cm³/mol. The summed E-state index contributed by atoms with van der Waals surface area (Å²) in [5.41, 5.74) is 1.85. The third-order valence-corrected chi connectivity index (χ3v) is 4.46. The summed E-state index contributed by atoms with van der Waals surface area (Å²) in [6.45, 7) is 4.01. The van der Waals surface area contributed by atoms with Crippen molar-refractivity contribution in [2.45, 2.75) is 32.7 Å². The lowest BCUT2D eigenvalue weighted by molar-refractivity contribution is 0.374. The fraction of sp³-hybridized carbons (Fsp3) is 0.412. The van der Waals surface area contributed by atoms with Crippen LogP contribution in [0.3, 0.4) is 0 Å². The van der Waals surface area contributed by atoms with Gasteiger partial charge in [-0.15, -0.1) is 10.2 Å². The van der Waals surface area contributed by atoms with Crippen LogP contribution in [0.4, 0.5) is 5.82 Å². The van der Waals surface area contributed by atoms with Crippen LogP contribution >= 0.6 is 0 Å². The summed E-state index contributed by atoms with van der Waals surface area (Å²) >= 11 is 0. The van der Waals surface area contributed by atoms with Gasteiger partial charge in [0.25, 0.3) is 0 Å². The molecule has 0 fully saturated rings. The van der Waals surface area contributed by atoms with Crippen molar-refractivity contribution in [1.82, 2.24) is 24.7 Å². The van der Waals surface area contributed by atoms with Gasteiger partial charge in [-0.05, 0) is 24.5 Å². The molecular formula is C17H20N6. The number of para-hydroxylation sites is 2. The van der Waals surface area contributed by atoms with Crippen LogP contribution in [0, 0.1) is 5.92 Å². The molecule has 1 N–H and O–H groups in total. The molecule has 3 heterocycles. The first-order valence-corrected chi connectivity index (χ1v) is 8.20. The Labute approximate surface area is 135 Å². The van der Waals surface area contributed by atoms with E-state index >= 15 is 0 Å². The summed E-state index contributed by atoms with van der Waals surface area (Å²) in [6.07, 6.45) is 4.88. The molecule has 118 valence electrons. The lowest BCUT2D eigenvalue weighted by atomic mass is 9.99. The predicted octanol–water partition coefficient (Wildman–Crippen LogP) is 2.46. The Kier molecular flexibility index (Phi) is 3.65. The first kappa shape index (κ1) is 14.1. The van der Waals surface area contributed by atoms with Crippen LogP contribution in [-0.2, 0) is 19.4 Å². The fourth-order valence-electron chi connectivity index (χ4n) is 3.17. The maximum Gasteiger partial charge on any atom is 0.145 e. The molecule has 0 saturated carbocycles. The summed E-state index contributed by atoms with van der Waals surface area (Å²) in [4.78, 5) is 9.07. The highest BCUT2D eigenvalue weighted by molar-refractivity contribution is 5.75. The van der Waals surface area contributed by atoms with Crippen LogP contribution in [0.25, 0.3) is 11.0 Å². The third-order valence-electron chi connectivity index (χ3n) is 4.46. The molecule has 0 spiro atoms. The Morgan fingerprint density at radius 2 is 2.09 bits per heavy atom. The average molecular weight is 308 g/mol. The first-order chi connectivity index (χ1) is 11.3. The van der Waals surface area contributed by atoms with E-state index in [4.69, 9.17) is 0 Å². The highest BCUT2D eigenvalue weighted by Crippen LogP contribution is 2.21. The maximum absolute atomic E-state index is 4.62. The minimum Gasteiger partial charge on any atom is -0.368 e. The molecule has 0 unspecified atom stereocenters. The third kappa shape index (κ3) is 2.76. The first-order valence-electron chi connectivity index (χ1n) is 8.20. The van der Waals surface area contributed by atoms with Crippen molar-refractivity contribution in [2.75, 3.05) is 11.9 Å². The minimum atomic E-state index is 0.567. The fourth-order valence-corrected chi connectivity index (χ4v) is 3.17.